The molecule has 0 bridgehead atoms. The molecule has 0 aromatic heterocycles. The lowest BCUT2D eigenvalue weighted by Gasteiger charge is -2.43. The maximum atomic E-state index is 13.9. The third-order valence-corrected chi connectivity index (χ3v) is 8.57. The molecule has 0 amide bonds. The van der Waals surface area contributed by atoms with E-state index in [1.807, 2.05) is 35.2 Å². The second kappa shape index (κ2) is 9.40. The van der Waals surface area contributed by atoms with Crippen molar-refractivity contribution in [2.45, 2.75) is 31.0 Å². The molecule has 0 aliphatic carbocycles. The summed E-state index contributed by atoms with van der Waals surface area (Å²) in [4.78, 5) is 24.6. The first-order chi connectivity index (χ1) is 14.3. The van der Waals surface area contributed by atoms with Gasteiger partial charge in [-0.2, -0.15) is 0 Å². The van der Waals surface area contributed by atoms with Crippen LogP contribution >= 0.6 is 7.37 Å². The number of rotatable bonds is 8. The molecule has 2 aromatic rings. The number of benzene rings is 2. The fraction of sp³-hybridized carbons (Fsp3) is 0.409. The first-order valence-corrected chi connectivity index (χ1v) is 12.0. The fourth-order valence-corrected chi connectivity index (χ4v) is 6.35. The Labute approximate surface area is 176 Å². The minimum atomic E-state index is -3.89. The van der Waals surface area contributed by atoms with Crippen LogP contribution in [0, 0.1) is 5.82 Å². The van der Waals surface area contributed by atoms with E-state index in [1.165, 1.54) is 12.1 Å². The van der Waals surface area contributed by atoms with Crippen molar-refractivity contribution in [2.24, 2.45) is 5.73 Å². The Kier molecular flexibility index (Phi) is 7.09. The van der Waals surface area contributed by atoms with Gasteiger partial charge in [0.25, 0.3) is 0 Å². The van der Waals surface area contributed by atoms with Crippen LogP contribution < -0.4 is 5.73 Å². The van der Waals surface area contributed by atoms with E-state index in [4.69, 9.17) is 5.73 Å². The maximum Gasteiger partial charge on any atom is 0.320 e. The number of carbonyl (C=O) groups is 1. The van der Waals surface area contributed by atoms with Gasteiger partial charge in [0, 0.05) is 25.8 Å². The Morgan fingerprint density at radius 3 is 2.60 bits per heavy atom. The highest BCUT2D eigenvalue weighted by molar-refractivity contribution is 7.61. The van der Waals surface area contributed by atoms with Gasteiger partial charge < -0.3 is 15.7 Å². The zero-order valence-electron chi connectivity index (χ0n) is 16.8. The monoisotopic (exact) mass is 434 g/mol. The predicted octanol–water partition coefficient (Wildman–Crippen LogP) is 3.53. The second-order valence-corrected chi connectivity index (χ2v) is 10.6. The summed E-state index contributed by atoms with van der Waals surface area (Å²) in [6.07, 6.45) is 1.11. The summed E-state index contributed by atoms with van der Waals surface area (Å²) in [6.45, 7) is 1.07. The molecule has 2 atom stereocenters. The van der Waals surface area contributed by atoms with Crippen LogP contribution in [0.5, 0.6) is 0 Å². The van der Waals surface area contributed by atoms with Gasteiger partial charge in [-0.05, 0) is 48.2 Å². The molecule has 0 spiro atoms. The van der Waals surface area contributed by atoms with Gasteiger partial charge in [-0.3, -0.25) is 14.3 Å². The average molecular weight is 434 g/mol. The lowest BCUT2D eigenvalue weighted by Crippen LogP contribution is -2.53. The van der Waals surface area contributed by atoms with Crippen LogP contribution in [0.2, 0.25) is 0 Å². The highest BCUT2D eigenvalue weighted by Crippen LogP contribution is 2.59. The smallest absolute Gasteiger partial charge is 0.320 e. The summed E-state index contributed by atoms with van der Waals surface area (Å²) in [5, 5.41) is 8.24. The zero-order chi connectivity index (χ0) is 21.8. The number of carboxylic acid groups (broad SMARTS) is 1. The van der Waals surface area contributed by atoms with E-state index in [0.29, 0.717) is 32.5 Å². The Balaban J connectivity index is 1.89. The van der Waals surface area contributed by atoms with Crippen molar-refractivity contribution < 1.29 is 23.7 Å². The molecule has 0 radical (unpaired) electrons. The predicted molar refractivity (Wildman–Crippen MR) is 115 cm³/mol. The van der Waals surface area contributed by atoms with Crippen LogP contribution in [-0.4, -0.2) is 51.8 Å². The first kappa shape index (κ1) is 22.6. The fourth-order valence-electron chi connectivity index (χ4n) is 4.14. The average Bonchev–Trinajstić information content (AvgIpc) is 2.72. The van der Waals surface area contributed by atoms with Gasteiger partial charge in [0.1, 0.15) is 5.82 Å². The Bertz CT molecular complexity index is 940. The third-order valence-electron chi connectivity index (χ3n) is 5.87. The third kappa shape index (κ3) is 4.65. The summed E-state index contributed by atoms with van der Waals surface area (Å²) >= 11 is 0. The molecule has 8 heteroatoms. The highest BCUT2D eigenvalue weighted by atomic mass is 31.2. The normalized spacial score (nSPS) is 24.6. The van der Waals surface area contributed by atoms with E-state index in [0.717, 1.165) is 16.7 Å². The van der Waals surface area contributed by atoms with Crippen LogP contribution in [0.3, 0.4) is 0 Å². The van der Waals surface area contributed by atoms with E-state index in [1.54, 1.807) is 6.07 Å². The molecule has 1 fully saturated rings. The largest absolute Gasteiger partial charge is 0.480 e. The second-order valence-electron chi connectivity index (χ2n) is 7.89. The lowest BCUT2D eigenvalue weighted by molar-refractivity contribution is -0.141. The van der Waals surface area contributed by atoms with Crippen molar-refractivity contribution in [1.82, 2.24) is 4.90 Å². The maximum absolute atomic E-state index is 13.9. The summed E-state index contributed by atoms with van der Waals surface area (Å²) in [5.74, 6) is -1.59. The number of halogens is 1. The standard InChI is InChI=1S/C22H28FN2O4P/c23-19-9-8-18(20(14-19)17-6-2-1-3-7-17)15-25-12-13-30(28,29)22(16-25,21(26)27)10-4-5-11-24/h1-3,6-9,14H,4-5,10-13,15-16,24H2,(H,26,27)(H,28,29)/t22-/m0/s1. The number of hydrogen-bond donors (Lipinski definition) is 3. The minimum absolute atomic E-state index is 0.0215. The molecule has 2 aromatic carbocycles. The van der Waals surface area contributed by atoms with Gasteiger partial charge in [0.2, 0.25) is 7.37 Å². The van der Waals surface area contributed by atoms with Gasteiger partial charge in [0.05, 0.1) is 0 Å². The molecule has 3 rings (SSSR count). The van der Waals surface area contributed by atoms with Crippen molar-refractivity contribution in [1.29, 1.82) is 0 Å². The highest BCUT2D eigenvalue weighted by Gasteiger charge is 2.56. The quantitative estimate of drug-likeness (QED) is 0.434. The molecule has 1 aliphatic rings. The zero-order valence-corrected chi connectivity index (χ0v) is 17.7. The molecular formula is C22H28FN2O4P. The van der Waals surface area contributed by atoms with Crippen LogP contribution in [0.25, 0.3) is 11.1 Å². The van der Waals surface area contributed by atoms with E-state index < -0.39 is 18.5 Å². The van der Waals surface area contributed by atoms with Crippen LogP contribution in [0.4, 0.5) is 4.39 Å². The molecule has 30 heavy (non-hydrogen) atoms. The van der Waals surface area contributed by atoms with Gasteiger partial charge in [0.15, 0.2) is 5.16 Å². The van der Waals surface area contributed by atoms with Crippen LogP contribution in [0.1, 0.15) is 24.8 Å². The van der Waals surface area contributed by atoms with E-state index in [2.05, 4.69) is 0 Å². The number of nitrogens with zero attached hydrogens (tertiary/aromatic N) is 1. The molecule has 1 saturated heterocycles. The van der Waals surface area contributed by atoms with Gasteiger partial charge in [-0.25, -0.2) is 4.39 Å². The van der Waals surface area contributed by atoms with Crippen molar-refractivity contribution >= 4 is 13.3 Å². The van der Waals surface area contributed by atoms with Crippen LogP contribution in [-0.2, 0) is 15.9 Å². The summed E-state index contributed by atoms with van der Waals surface area (Å²) in [6, 6.07) is 14.0. The van der Waals surface area contributed by atoms with Crippen molar-refractivity contribution in [3.63, 3.8) is 0 Å². The molecule has 162 valence electrons. The minimum Gasteiger partial charge on any atom is -0.480 e. The Morgan fingerprint density at radius 2 is 1.93 bits per heavy atom. The van der Waals surface area contributed by atoms with E-state index >= 15 is 0 Å². The Morgan fingerprint density at radius 1 is 1.20 bits per heavy atom. The molecule has 1 unspecified atom stereocenters. The molecule has 6 nitrogen and oxygen atoms in total. The van der Waals surface area contributed by atoms with Crippen molar-refractivity contribution in [3.8, 4) is 11.1 Å². The van der Waals surface area contributed by atoms with Gasteiger partial charge in [-0.1, -0.05) is 42.8 Å². The molecular weight excluding hydrogens is 406 g/mol. The Hall–Kier alpha value is -2.05. The number of nitrogens with two attached hydrogens (primary N) is 1. The van der Waals surface area contributed by atoms with Crippen LogP contribution in [0.15, 0.2) is 48.5 Å². The lowest BCUT2D eigenvalue weighted by atomic mass is 9.97. The molecule has 1 aliphatic heterocycles. The first-order valence-electron chi connectivity index (χ1n) is 10.1. The van der Waals surface area contributed by atoms with Crippen molar-refractivity contribution in [3.05, 3.63) is 59.9 Å². The number of hydrogen-bond acceptors (Lipinski definition) is 4. The summed E-state index contributed by atoms with van der Waals surface area (Å²) in [7, 11) is -3.89. The number of unbranched alkanes of at least 4 members (excludes halogenated alkanes) is 1. The van der Waals surface area contributed by atoms with Gasteiger partial charge in [-0.15, -0.1) is 0 Å². The number of aliphatic carboxylic acids is 1. The SMILES string of the molecule is NCCCC[C@@]1(C(=O)O)CN(Cc2ccc(F)cc2-c2ccccc2)CCP1(=O)O. The van der Waals surface area contributed by atoms with E-state index in [9.17, 15) is 23.7 Å². The van der Waals surface area contributed by atoms with E-state index in [-0.39, 0.29) is 24.9 Å². The van der Waals surface area contributed by atoms with Crippen molar-refractivity contribution in [2.75, 3.05) is 25.8 Å². The summed E-state index contributed by atoms with van der Waals surface area (Å²) < 4.78 is 26.9. The summed E-state index contributed by atoms with van der Waals surface area (Å²) in [5.41, 5.74) is 7.97. The molecule has 1 heterocycles. The topological polar surface area (TPSA) is 104 Å². The number of carboxylic acids is 1. The van der Waals surface area contributed by atoms with Gasteiger partial charge >= 0.3 is 5.97 Å². The molecule has 4 N–H and O–H groups in total. The molecule has 0 saturated carbocycles.